The molecule has 0 saturated carbocycles. The summed E-state index contributed by atoms with van der Waals surface area (Å²) in [6.07, 6.45) is 0.522. The van der Waals surface area contributed by atoms with Gasteiger partial charge in [-0.05, 0) is 48.9 Å². The van der Waals surface area contributed by atoms with Gasteiger partial charge in [-0.3, -0.25) is 14.6 Å². The van der Waals surface area contributed by atoms with Gasteiger partial charge in [-0.15, -0.1) is 0 Å². The van der Waals surface area contributed by atoms with Crippen LogP contribution in [0.4, 0.5) is 0 Å². The van der Waals surface area contributed by atoms with Crippen molar-refractivity contribution in [2.75, 3.05) is 6.61 Å². The van der Waals surface area contributed by atoms with Crippen molar-refractivity contribution in [2.45, 2.75) is 18.8 Å². The Morgan fingerprint density at radius 2 is 1.89 bits per heavy atom. The number of carbonyl (C=O) groups excluding carboxylic acids is 1. The Bertz CT molecular complexity index is 1490. The SMILES string of the molecule is N#Cc1cc2c(cc1Oc1ccc(C(=O)Cc3ccc4ccccc4n3)cc1)OCCC2C(=O)O. The third-order valence-corrected chi connectivity index (χ3v) is 5.97. The molecule has 172 valence electrons. The van der Waals surface area contributed by atoms with E-state index in [9.17, 15) is 20.0 Å². The summed E-state index contributed by atoms with van der Waals surface area (Å²) < 4.78 is 11.5. The van der Waals surface area contributed by atoms with Crippen LogP contribution in [0.25, 0.3) is 10.9 Å². The number of aromatic nitrogens is 1. The molecule has 0 bridgehead atoms. The molecule has 7 heteroatoms. The molecule has 1 N–H and O–H groups in total. The number of fused-ring (bicyclic) bond motifs is 2. The highest BCUT2D eigenvalue weighted by Gasteiger charge is 2.29. The number of ketones is 1. The summed E-state index contributed by atoms with van der Waals surface area (Å²) in [5.74, 6) is -0.649. The first-order valence-electron chi connectivity index (χ1n) is 11.1. The summed E-state index contributed by atoms with van der Waals surface area (Å²) >= 11 is 0. The van der Waals surface area contributed by atoms with Crippen molar-refractivity contribution in [3.05, 3.63) is 95.2 Å². The number of carboxylic acids is 1. The van der Waals surface area contributed by atoms with Gasteiger partial charge in [0.15, 0.2) is 5.78 Å². The summed E-state index contributed by atoms with van der Waals surface area (Å²) in [5, 5.41) is 20.1. The first kappa shape index (κ1) is 22.1. The van der Waals surface area contributed by atoms with Crippen molar-refractivity contribution >= 4 is 22.7 Å². The summed E-state index contributed by atoms with van der Waals surface area (Å²) in [4.78, 5) is 28.9. The molecule has 0 fully saturated rings. The molecule has 0 saturated heterocycles. The standard InChI is InChI=1S/C28H20N2O5/c29-16-19-13-23-22(28(32)33)11-12-34-27(23)15-26(19)35-21-9-6-18(7-10-21)25(31)14-20-8-5-17-3-1-2-4-24(17)30-20/h1-10,13,15,22H,11-12,14H2,(H,32,33). The molecule has 1 aliphatic heterocycles. The average Bonchev–Trinajstić information content (AvgIpc) is 2.88. The Morgan fingerprint density at radius 3 is 2.66 bits per heavy atom. The first-order chi connectivity index (χ1) is 17.0. The highest BCUT2D eigenvalue weighted by Crippen LogP contribution is 2.39. The van der Waals surface area contributed by atoms with Crippen LogP contribution < -0.4 is 9.47 Å². The van der Waals surface area contributed by atoms with Gasteiger partial charge in [0.2, 0.25) is 0 Å². The number of benzene rings is 3. The molecule has 2 heterocycles. The molecule has 5 rings (SSSR count). The van der Waals surface area contributed by atoms with Crippen molar-refractivity contribution in [1.29, 1.82) is 5.26 Å². The van der Waals surface area contributed by atoms with Crippen LogP contribution in [0.2, 0.25) is 0 Å². The van der Waals surface area contributed by atoms with E-state index in [1.165, 1.54) is 6.07 Å². The third kappa shape index (κ3) is 4.55. The number of carboxylic acid groups (broad SMARTS) is 1. The van der Waals surface area contributed by atoms with Gasteiger partial charge in [0.25, 0.3) is 0 Å². The van der Waals surface area contributed by atoms with Crippen LogP contribution in [-0.4, -0.2) is 28.4 Å². The van der Waals surface area contributed by atoms with Gasteiger partial charge in [-0.2, -0.15) is 5.26 Å². The Kier molecular flexibility index (Phi) is 5.86. The van der Waals surface area contributed by atoms with Gasteiger partial charge < -0.3 is 14.6 Å². The molecule has 0 radical (unpaired) electrons. The van der Waals surface area contributed by atoms with Crippen molar-refractivity contribution in [1.82, 2.24) is 4.98 Å². The van der Waals surface area contributed by atoms with E-state index < -0.39 is 11.9 Å². The summed E-state index contributed by atoms with van der Waals surface area (Å²) in [5.41, 5.74) is 2.74. The van der Waals surface area contributed by atoms with E-state index in [1.54, 1.807) is 30.3 Å². The fourth-order valence-corrected chi connectivity index (χ4v) is 4.15. The average molecular weight is 464 g/mol. The van der Waals surface area contributed by atoms with E-state index >= 15 is 0 Å². The van der Waals surface area contributed by atoms with E-state index in [1.807, 2.05) is 36.4 Å². The van der Waals surface area contributed by atoms with E-state index in [0.717, 1.165) is 10.9 Å². The molecule has 35 heavy (non-hydrogen) atoms. The number of nitriles is 1. The second kappa shape index (κ2) is 9.27. The molecule has 3 aromatic carbocycles. The monoisotopic (exact) mass is 464 g/mol. The molecule has 7 nitrogen and oxygen atoms in total. The summed E-state index contributed by atoms with van der Waals surface area (Å²) in [6.45, 7) is 0.276. The second-order valence-corrected chi connectivity index (χ2v) is 8.25. The van der Waals surface area contributed by atoms with Crippen molar-refractivity contribution in [3.8, 4) is 23.3 Å². The number of hydrogen-bond acceptors (Lipinski definition) is 6. The molecule has 4 aromatic rings. The molecular weight excluding hydrogens is 444 g/mol. The lowest BCUT2D eigenvalue weighted by molar-refractivity contribution is -0.139. The minimum atomic E-state index is -0.953. The van der Waals surface area contributed by atoms with Crippen LogP contribution in [0.15, 0.2) is 72.8 Å². The van der Waals surface area contributed by atoms with Gasteiger partial charge in [0.1, 0.15) is 23.3 Å². The predicted octanol–water partition coefficient (Wildman–Crippen LogP) is 5.27. The van der Waals surface area contributed by atoms with Gasteiger partial charge in [-0.25, -0.2) is 0 Å². The Labute approximate surface area is 201 Å². The largest absolute Gasteiger partial charge is 0.493 e. The number of nitrogens with zero attached hydrogens (tertiary/aromatic N) is 2. The minimum absolute atomic E-state index is 0.0704. The maximum Gasteiger partial charge on any atom is 0.311 e. The highest BCUT2D eigenvalue weighted by atomic mass is 16.5. The normalized spacial score (nSPS) is 14.4. The van der Waals surface area contributed by atoms with E-state index in [2.05, 4.69) is 11.1 Å². The number of Topliss-reactive ketones (excluding diaryl/α,β-unsaturated/α-hetero) is 1. The quantitative estimate of drug-likeness (QED) is 0.387. The number of hydrogen-bond donors (Lipinski definition) is 1. The third-order valence-electron chi connectivity index (χ3n) is 5.97. The molecule has 1 atom stereocenters. The summed E-state index contributed by atoms with van der Waals surface area (Å²) in [6, 6.07) is 23.3. The zero-order valence-corrected chi connectivity index (χ0v) is 18.6. The number of rotatable bonds is 6. The van der Waals surface area contributed by atoms with Crippen LogP contribution in [0.1, 0.15) is 39.5 Å². The highest BCUT2D eigenvalue weighted by molar-refractivity contribution is 5.97. The lowest BCUT2D eigenvalue weighted by Gasteiger charge is -2.24. The minimum Gasteiger partial charge on any atom is -0.493 e. The Morgan fingerprint density at radius 1 is 1.09 bits per heavy atom. The van der Waals surface area contributed by atoms with E-state index in [-0.39, 0.29) is 30.1 Å². The Hall–Kier alpha value is -4.70. The topological polar surface area (TPSA) is 110 Å². The molecule has 0 aliphatic carbocycles. The zero-order valence-electron chi connectivity index (χ0n) is 18.6. The van der Waals surface area contributed by atoms with Crippen molar-refractivity contribution in [3.63, 3.8) is 0 Å². The van der Waals surface area contributed by atoms with Crippen LogP contribution in [-0.2, 0) is 11.2 Å². The molecule has 1 unspecified atom stereocenters. The summed E-state index contributed by atoms with van der Waals surface area (Å²) in [7, 11) is 0. The predicted molar refractivity (Wildman–Crippen MR) is 128 cm³/mol. The van der Waals surface area contributed by atoms with Gasteiger partial charge in [0.05, 0.1) is 30.0 Å². The van der Waals surface area contributed by atoms with Crippen LogP contribution in [0.5, 0.6) is 17.2 Å². The maximum absolute atomic E-state index is 12.8. The fraction of sp³-hybridized carbons (Fsp3) is 0.143. The lowest BCUT2D eigenvalue weighted by Crippen LogP contribution is -2.21. The van der Waals surface area contributed by atoms with Gasteiger partial charge in [-0.1, -0.05) is 24.3 Å². The van der Waals surface area contributed by atoms with Crippen LogP contribution >= 0.6 is 0 Å². The van der Waals surface area contributed by atoms with Gasteiger partial charge >= 0.3 is 5.97 Å². The smallest absolute Gasteiger partial charge is 0.311 e. The van der Waals surface area contributed by atoms with Crippen LogP contribution in [0.3, 0.4) is 0 Å². The zero-order chi connectivity index (χ0) is 24.4. The molecule has 1 aromatic heterocycles. The van der Waals surface area contributed by atoms with Crippen LogP contribution in [0, 0.1) is 11.3 Å². The number of pyridine rings is 1. The maximum atomic E-state index is 12.8. The van der Waals surface area contributed by atoms with E-state index in [4.69, 9.17) is 9.47 Å². The molecule has 0 amide bonds. The number of aliphatic carboxylic acids is 1. The van der Waals surface area contributed by atoms with Crippen molar-refractivity contribution in [2.24, 2.45) is 0 Å². The van der Waals surface area contributed by atoms with E-state index in [0.29, 0.717) is 34.7 Å². The molecule has 1 aliphatic rings. The van der Waals surface area contributed by atoms with Gasteiger partial charge in [0, 0.05) is 28.3 Å². The second-order valence-electron chi connectivity index (χ2n) is 8.25. The number of carbonyl (C=O) groups is 2. The number of para-hydroxylation sites is 1. The first-order valence-corrected chi connectivity index (χ1v) is 11.1. The molecular formula is C28H20N2O5. The fourth-order valence-electron chi connectivity index (χ4n) is 4.15. The van der Waals surface area contributed by atoms with Crippen molar-refractivity contribution < 1.29 is 24.2 Å². The Balaban J connectivity index is 1.33. The molecule has 0 spiro atoms. The lowest BCUT2D eigenvalue weighted by atomic mass is 9.91. The number of ether oxygens (including phenoxy) is 2.